The number of alkyl carbamates (subject to hydrolysis) is 1. The van der Waals surface area contributed by atoms with Crippen LogP contribution < -0.4 is 10.6 Å². The van der Waals surface area contributed by atoms with Gasteiger partial charge in [0.25, 0.3) is 0 Å². The van der Waals surface area contributed by atoms with Crippen LogP contribution in [0.3, 0.4) is 0 Å². The summed E-state index contributed by atoms with van der Waals surface area (Å²) >= 11 is 0. The minimum absolute atomic E-state index is 0.0179. The van der Waals surface area contributed by atoms with E-state index >= 15 is 0 Å². The highest BCUT2D eigenvalue weighted by Crippen LogP contribution is 2.44. The number of allylic oxidation sites excluding steroid dienone is 1. The molecule has 2 amide bonds. The van der Waals surface area contributed by atoms with Crippen LogP contribution in [0, 0.1) is 11.3 Å². The van der Waals surface area contributed by atoms with Crippen LogP contribution in [-0.4, -0.2) is 42.3 Å². The molecule has 4 rings (SSSR count). The topological polar surface area (TPSA) is 105 Å². The fourth-order valence-corrected chi connectivity index (χ4v) is 4.78. The summed E-state index contributed by atoms with van der Waals surface area (Å²) < 4.78 is 5.62. The number of hydrogen-bond donors (Lipinski definition) is 3. The molecule has 0 heterocycles. The first kappa shape index (κ1) is 24.5. The van der Waals surface area contributed by atoms with E-state index in [0.717, 1.165) is 11.1 Å². The third kappa shape index (κ3) is 5.24. The number of ether oxygens (including phenoxy) is 1. The molecule has 3 N–H and O–H groups in total. The highest BCUT2D eigenvalue weighted by molar-refractivity contribution is 5.81. The van der Waals surface area contributed by atoms with Crippen molar-refractivity contribution in [2.75, 3.05) is 13.2 Å². The van der Waals surface area contributed by atoms with Crippen molar-refractivity contribution < 1.29 is 24.2 Å². The fraction of sp³-hybridized carbons (Fsp3) is 0.393. The Bertz CT molecular complexity index is 1100. The summed E-state index contributed by atoms with van der Waals surface area (Å²) in [6, 6.07) is 16.0. The SMILES string of the molecule is CCC(C)(CNC(=O)[C@@H]1CC=C[C@@H](NC(=O)OCC2c3ccccc3-c3ccccc32)C1)C(=O)O. The Morgan fingerprint density at radius 3 is 2.29 bits per heavy atom. The summed E-state index contributed by atoms with van der Waals surface area (Å²) in [6.07, 6.45) is 4.62. The molecule has 3 atom stereocenters. The number of benzene rings is 2. The molecule has 184 valence electrons. The van der Waals surface area contributed by atoms with E-state index in [9.17, 15) is 19.5 Å². The number of carboxylic acids is 1. The number of carboxylic acid groups (broad SMARTS) is 1. The number of fused-ring (bicyclic) bond motifs is 3. The Morgan fingerprint density at radius 2 is 1.69 bits per heavy atom. The molecule has 0 fully saturated rings. The van der Waals surface area contributed by atoms with Crippen LogP contribution >= 0.6 is 0 Å². The number of amides is 2. The molecule has 2 aliphatic carbocycles. The van der Waals surface area contributed by atoms with E-state index in [1.165, 1.54) is 11.1 Å². The van der Waals surface area contributed by atoms with Crippen molar-refractivity contribution in [3.8, 4) is 11.1 Å². The van der Waals surface area contributed by atoms with Crippen LogP contribution in [0.25, 0.3) is 11.1 Å². The predicted octanol–water partition coefficient (Wildman–Crippen LogP) is 4.48. The number of rotatable bonds is 8. The van der Waals surface area contributed by atoms with Crippen molar-refractivity contribution in [1.82, 2.24) is 10.6 Å². The van der Waals surface area contributed by atoms with Crippen molar-refractivity contribution in [3.63, 3.8) is 0 Å². The third-order valence-corrected chi connectivity index (χ3v) is 7.29. The van der Waals surface area contributed by atoms with E-state index in [2.05, 4.69) is 34.9 Å². The van der Waals surface area contributed by atoms with Crippen LogP contribution in [0.1, 0.15) is 50.2 Å². The molecule has 1 unspecified atom stereocenters. The van der Waals surface area contributed by atoms with Gasteiger partial charge in [-0.15, -0.1) is 0 Å². The number of carbonyl (C=O) groups is 3. The second kappa shape index (κ2) is 10.3. The normalized spacial score (nSPS) is 20.3. The summed E-state index contributed by atoms with van der Waals surface area (Å²) in [4.78, 5) is 36.8. The lowest BCUT2D eigenvalue weighted by molar-refractivity contribution is -0.148. The Morgan fingerprint density at radius 1 is 1.06 bits per heavy atom. The Hall–Kier alpha value is -3.61. The molecule has 2 aromatic rings. The monoisotopic (exact) mass is 476 g/mol. The van der Waals surface area contributed by atoms with Gasteiger partial charge in [-0.3, -0.25) is 9.59 Å². The first-order valence-electron chi connectivity index (χ1n) is 12.1. The van der Waals surface area contributed by atoms with Gasteiger partial charge in [-0.25, -0.2) is 4.79 Å². The number of hydrogen-bond acceptors (Lipinski definition) is 4. The molecule has 0 saturated heterocycles. The zero-order valence-corrected chi connectivity index (χ0v) is 20.1. The van der Waals surface area contributed by atoms with Gasteiger partial charge >= 0.3 is 12.1 Å². The van der Waals surface area contributed by atoms with E-state index in [1.807, 2.05) is 36.4 Å². The maximum absolute atomic E-state index is 12.7. The quantitative estimate of drug-likeness (QED) is 0.488. The smallest absolute Gasteiger partial charge is 0.407 e. The van der Waals surface area contributed by atoms with Crippen LogP contribution in [0.5, 0.6) is 0 Å². The second-order valence-electron chi connectivity index (χ2n) is 9.61. The number of aliphatic carboxylic acids is 1. The highest BCUT2D eigenvalue weighted by atomic mass is 16.5. The third-order valence-electron chi connectivity index (χ3n) is 7.29. The second-order valence-corrected chi connectivity index (χ2v) is 9.61. The molecule has 0 radical (unpaired) electrons. The minimum atomic E-state index is -1.00. The van der Waals surface area contributed by atoms with E-state index in [0.29, 0.717) is 19.3 Å². The minimum Gasteiger partial charge on any atom is -0.481 e. The van der Waals surface area contributed by atoms with Crippen molar-refractivity contribution in [2.45, 2.75) is 45.1 Å². The maximum atomic E-state index is 12.7. The average molecular weight is 477 g/mol. The van der Waals surface area contributed by atoms with E-state index in [4.69, 9.17) is 4.74 Å². The Balaban J connectivity index is 1.31. The average Bonchev–Trinajstić information content (AvgIpc) is 3.19. The molecule has 2 aliphatic rings. The molecule has 2 aromatic carbocycles. The lowest BCUT2D eigenvalue weighted by Crippen LogP contribution is -2.45. The van der Waals surface area contributed by atoms with Crippen LogP contribution in [-0.2, 0) is 14.3 Å². The number of carbonyl (C=O) groups excluding carboxylic acids is 2. The molecule has 0 bridgehead atoms. The Labute approximate surface area is 205 Å². The number of nitrogens with one attached hydrogen (secondary N) is 2. The zero-order chi connectivity index (χ0) is 25.0. The predicted molar refractivity (Wildman–Crippen MR) is 133 cm³/mol. The molecule has 35 heavy (non-hydrogen) atoms. The molecule has 0 saturated carbocycles. The van der Waals surface area contributed by atoms with Crippen molar-refractivity contribution in [2.24, 2.45) is 11.3 Å². The Kier molecular flexibility index (Phi) is 7.24. The highest BCUT2D eigenvalue weighted by Gasteiger charge is 2.33. The summed E-state index contributed by atoms with van der Waals surface area (Å²) in [7, 11) is 0. The molecule has 7 heteroatoms. The van der Waals surface area contributed by atoms with Crippen LogP contribution in [0.4, 0.5) is 4.79 Å². The van der Waals surface area contributed by atoms with Crippen LogP contribution in [0.2, 0.25) is 0 Å². The van der Waals surface area contributed by atoms with Gasteiger partial charge < -0.3 is 20.5 Å². The summed E-state index contributed by atoms with van der Waals surface area (Å²) in [5, 5.41) is 15.0. The first-order chi connectivity index (χ1) is 16.8. The van der Waals surface area contributed by atoms with Gasteiger partial charge in [-0.05, 0) is 48.4 Å². The standard InChI is InChI=1S/C28H32N2O5/c1-3-28(2,26(32)33)17-29-25(31)18-9-8-10-19(15-18)30-27(34)35-16-24-22-13-6-4-11-20(22)21-12-5-7-14-23(21)24/h4-8,10-14,18-19,24H,3,9,15-17H2,1-2H3,(H,29,31)(H,30,34)(H,32,33)/t18-,19-,28?/m1/s1. The van der Waals surface area contributed by atoms with Crippen molar-refractivity contribution in [1.29, 1.82) is 0 Å². The summed E-state index contributed by atoms with van der Waals surface area (Å²) in [5.41, 5.74) is 3.64. The van der Waals surface area contributed by atoms with Gasteiger partial charge in [-0.2, -0.15) is 0 Å². The van der Waals surface area contributed by atoms with E-state index in [-0.39, 0.29) is 36.9 Å². The summed E-state index contributed by atoms with van der Waals surface area (Å²) in [6.45, 7) is 3.71. The molecular formula is C28H32N2O5. The molecule has 0 aliphatic heterocycles. The molecule has 0 aromatic heterocycles. The van der Waals surface area contributed by atoms with Crippen molar-refractivity contribution >= 4 is 18.0 Å². The lowest BCUT2D eigenvalue weighted by Gasteiger charge is -2.27. The van der Waals surface area contributed by atoms with Gasteiger partial charge in [0.05, 0.1) is 11.5 Å². The van der Waals surface area contributed by atoms with Gasteiger partial charge in [0.2, 0.25) is 5.91 Å². The lowest BCUT2D eigenvalue weighted by atomic mass is 9.86. The maximum Gasteiger partial charge on any atom is 0.407 e. The molecule has 0 spiro atoms. The van der Waals surface area contributed by atoms with Gasteiger partial charge in [0.1, 0.15) is 6.61 Å². The molecule has 7 nitrogen and oxygen atoms in total. The zero-order valence-electron chi connectivity index (χ0n) is 20.1. The largest absolute Gasteiger partial charge is 0.481 e. The van der Waals surface area contributed by atoms with Gasteiger partial charge in [0.15, 0.2) is 0 Å². The van der Waals surface area contributed by atoms with E-state index in [1.54, 1.807) is 13.8 Å². The fourth-order valence-electron chi connectivity index (χ4n) is 4.78. The van der Waals surface area contributed by atoms with Gasteiger partial charge in [-0.1, -0.05) is 67.6 Å². The summed E-state index contributed by atoms with van der Waals surface area (Å²) in [5.74, 6) is -1.49. The van der Waals surface area contributed by atoms with E-state index < -0.39 is 17.5 Å². The van der Waals surface area contributed by atoms with Crippen LogP contribution in [0.15, 0.2) is 60.7 Å². The van der Waals surface area contributed by atoms with Gasteiger partial charge in [0, 0.05) is 18.4 Å². The molecular weight excluding hydrogens is 444 g/mol. The van der Waals surface area contributed by atoms with Crippen molar-refractivity contribution in [3.05, 3.63) is 71.8 Å². The first-order valence-corrected chi connectivity index (χ1v) is 12.1.